The molecule has 2 atom stereocenters. The van der Waals surface area contributed by atoms with Gasteiger partial charge in [-0.1, -0.05) is 134 Å². The second-order valence-corrected chi connectivity index (χ2v) is 16.8. The molecule has 0 aliphatic heterocycles. The van der Waals surface area contributed by atoms with Crippen molar-refractivity contribution in [3.8, 4) is 0 Å². The molecule has 302 valence electrons. The van der Waals surface area contributed by atoms with E-state index in [0.717, 1.165) is 44.9 Å². The number of quaternary nitrogens is 1. The van der Waals surface area contributed by atoms with Gasteiger partial charge in [0.15, 0.2) is 0 Å². The first kappa shape index (κ1) is 50.0. The van der Waals surface area contributed by atoms with Gasteiger partial charge in [-0.15, -0.1) is 0 Å². The Kier molecular flexibility index (Phi) is 35.3. The largest absolute Gasteiger partial charge is 0.472 e. The minimum atomic E-state index is -4.27. The predicted octanol–water partition coefficient (Wildman–Crippen LogP) is 12.0. The molecular formula is C42H83NO7P+. The molecule has 0 aliphatic rings. The molecule has 0 aliphatic carbocycles. The van der Waals surface area contributed by atoms with Crippen LogP contribution in [0.3, 0.4) is 0 Å². The van der Waals surface area contributed by atoms with Crippen molar-refractivity contribution < 1.29 is 37.3 Å². The third-order valence-electron chi connectivity index (χ3n) is 8.99. The van der Waals surface area contributed by atoms with Gasteiger partial charge in [0, 0.05) is 13.0 Å². The Balaban J connectivity index is 4.26. The van der Waals surface area contributed by atoms with Crippen LogP contribution in [0.5, 0.6) is 0 Å². The summed E-state index contributed by atoms with van der Waals surface area (Å²) in [6, 6.07) is 0. The lowest BCUT2D eigenvalue weighted by molar-refractivity contribution is -0.870. The highest BCUT2D eigenvalue weighted by molar-refractivity contribution is 7.47. The summed E-state index contributed by atoms with van der Waals surface area (Å²) in [5.41, 5.74) is 0. The highest BCUT2D eigenvalue weighted by Gasteiger charge is 2.26. The summed E-state index contributed by atoms with van der Waals surface area (Å²) >= 11 is 0. The number of carbonyl (C=O) groups excluding carboxylic acids is 1. The molecule has 0 saturated carbocycles. The lowest BCUT2D eigenvalue weighted by Crippen LogP contribution is -2.37. The van der Waals surface area contributed by atoms with Crippen molar-refractivity contribution in [2.45, 2.75) is 187 Å². The second-order valence-electron chi connectivity index (χ2n) is 15.4. The van der Waals surface area contributed by atoms with E-state index in [2.05, 4.69) is 38.2 Å². The number of carbonyl (C=O) groups is 1. The van der Waals surface area contributed by atoms with Crippen LogP contribution in [0.2, 0.25) is 0 Å². The van der Waals surface area contributed by atoms with E-state index < -0.39 is 13.9 Å². The molecule has 51 heavy (non-hydrogen) atoms. The predicted molar refractivity (Wildman–Crippen MR) is 215 cm³/mol. The van der Waals surface area contributed by atoms with Crippen LogP contribution < -0.4 is 0 Å². The molecule has 0 aromatic rings. The van der Waals surface area contributed by atoms with E-state index in [1.807, 2.05) is 21.1 Å². The number of rotatable bonds is 39. The van der Waals surface area contributed by atoms with Gasteiger partial charge in [-0.3, -0.25) is 13.8 Å². The average molecular weight is 745 g/mol. The molecule has 0 rings (SSSR count). The highest BCUT2D eigenvalue weighted by atomic mass is 31.2. The Bertz CT molecular complexity index is 874. The van der Waals surface area contributed by atoms with Gasteiger partial charge in [-0.2, -0.15) is 0 Å². The first-order valence-electron chi connectivity index (χ1n) is 21.1. The summed E-state index contributed by atoms with van der Waals surface area (Å²) in [4.78, 5) is 22.8. The number of ether oxygens (including phenoxy) is 2. The van der Waals surface area contributed by atoms with Crippen molar-refractivity contribution in [1.29, 1.82) is 0 Å². The Labute approximate surface area is 315 Å². The summed E-state index contributed by atoms with van der Waals surface area (Å²) in [5, 5.41) is 0. The van der Waals surface area contributed by atoms with E-state index in [1.165, 1.54) is 116 Å². The van der Waals surface area contributed by atoms with Crippen molar-refractivity contribution in [2.24, 2.45) is 0 Å². The van der Waals surface area contributed by atoms with Gasteiger partial charge in [0.2, 0.25) is 0 Å². The van der Waals surface area contributed by atoms with Gasteiger partial charge in [-0.25, -0.2) is 4.57 Å². The number of hydrogen-bond donors (Lipinski definition) is 1. The zero-order valence-corrected chi connectivity index (χ0v) is 35.0. The van der Waals surface area contributed by atoms with E-state index in [-0.39, 0.29) is 25.8 Å². The summed E-state index contributed by atoms with van der Waals surface area (Å²) < 4.78 is 34.9. The van der Waals surface area contributed by atoms with Crippen LogP contribution in [-0.2, 0) is 27.9 Å². The molecule has 0 amide bonds. The molecule has 0 spiro atoms. The van der Waals surface area contributed by atoms with Crippen molar-refractivity contribution in [3.05, 3.63) is 24.3 Å². The van der Waals surface area contributed by atoms with Crippen molar-refractivity contribution in [2.75, 3.05) is 54.1 Å². The second kappa shape index (κ2) is 36.0. The average Bonchev–Trinajstić information content (AvgIpc) is 3.08. The monoisotopic (exact) mass is 745 g/mol. The summed E-state index contributed by atoms with van der Waals surface area (Å²) in [7, 11) is 1.66. The van der Waals surface area contributed by atoms with Crippen molar-refractivity contribution in [1.82, 2.24) is 0 Å². The number of phosphoric ester groups is 1. The van der Waals surface area contributed by atoms with E-state index >= 15 is 0 Å². The topological polar surface area (TPSA) is 91.3 Å². The molecule has 0 fully saturated rings. The third kappa shape index (κ3) is 40.0. The fraction of sp³-hybridized carbons (Fsp3) is 0.881. The first-order valence-corrected chi connectivity index (χ1v) is 22.6. The van der Waals surface area contributed by atoms with E-state index in [9.17, 15) is 14.3 Å². The Morgan fingerprint density at radius 2 is 1.02 bits per heavy atom. The maximum absolute atomic E-state index is 12.6. The van der Waals surface area contributed by atoms with Gasteiger partial charge in [0.1, 0.15) is 19.3 Å². The smallest absolute Gasteiger partial charge is 0.457 e. The maximum atomic E-state index is 12.6. The molecule has 1 N–H and O–H groups in total. The van der Waals surface area contributed by atoms with Gasteiger partial charge < -0.3 is 18.9 Å². The van der Waals surface area contributed by atoms with E-state index in [0.29, 0.717) is 24.1 Å². The lowest BCUT2D eigenvalue weighted by atomic mass is 10.1. The summed E-state index contributed by atoms with van der Waals surface area (Å²) in [6.07, 6.45) is 39.2. The third-order valence-corrected chi connectivity index (χ3v) is 9.97. The van der Waals surface area contributed by atoms with E-state index in [1.54, 1.807) is 0 Å². The zero-order chi connectivity index (χ0) is 37.7. The molecular weight excluding hydrogens is 661 g/mol. The molecule has 2 unspecified atom stereocenters. The van der Waals surface area contributed by atoms with Crippen LogP contribution in [0.25, 0.3) is 0 Å². The molecule has 0 radical (unpaired) electrons. The molecule has 0 saturated heterocycles. The van der Waals surface area contributed by atoms with E-state index in [4.69, 9.17) is 18.5 Å². The molecule has 0 aromatic heterocycles. The number of likely N-dealkylation sites (N-methyl/N-ethyl adjacent to an activating group) is 1. The minimum absolute atomic E-state index is 0.0868. The van der Waals surface area contributed by atoms with Crippen LogP contribution in [0, 0.1) is 0 Å². The van der Waals surface area contributed by atoms with Crippen molar-refractivity contribution in [3.63, 3.8) is 0 Å². The number of esters is 1. The number of nitrogens with zero attached hydrogens (tertiary/aromatic N) is 1. The highest BCUT2D eigenvalue weighted by Crippen LogP contribution is 2.43. The standard InChI is InChI=1S/C42H82NO7P/c1-6-8-10-12-14-16-18-20-21-22-24-26-28-30-32-34-37-47-39-41(40-49-51(45,46)48-38-36-43(3,4)5)50-42(44)35-33-31-29-27-25-23-19-17-15-13-11-9-7-2/h17,19-21,41H,6-16,18,22-40H2,1-5H3/p+1/b19-17-,21-20-. The van der Waals surface area contributed by atoms with Gasteiger partial charge in [-0.05, 0) is 64.2 Å². The number of hydrogen-bond acceptors (Lipinski definition) is 6. The SMILES string of the molecule is CCCCCC/C=C\CCCCCCCC(=O)OC(COCCCCCCCC/C=C\CCCCCCCC)COP(=O)(O)OCC[N+](C)(C)C. The minimum Gasteiger partial charge on any atom is -0.457 e. The summed E-state index contributed by atoms with van der Waals surface area (Å²) in [5.74, 6) is -0.325. The van der Waals surface area contributed by atoms with Crippen LogP contribution in [-0.4, -0.2) is 75.6 Å². The Hall–Kier alpha value is -1.02. The molecule has 8 nitrogen and oxygen atoms in total. The molecule has 0 aromatic carbocycles. The normalized spacial score (nSPS) is 14.1. The van der Waals surface area contributed by atoms with Crippen molar-refractivity contribution >= 4 is 13.8 Å². The molecule has 0 heterocycles. The van der Waals surface area contributed by atoms with Crippen LogP contribution in [0.4, 0.5) is 0 Å². The van der Waals surface area contributed by atoms with Crippen LogP contribution >= 0.6 is 7.82 Å². The number of allylic oxidation sites excluding steroid dienone is 4. The fourth-order valence-corrected chi connectivity index (χ4v) is 6.40. The first-order chi connectivity index (χ1) is 24.6. The molecule has 9 heteroatoms. The number of unbranched alkanes of at least 4 members (excludes halogenated alkanes) is 21. The van der Waals surface area contributed by atoms with Gasteiger partial charge in [0.25, 0.3) is 0 Å². The molecule has 0 bridgehead atoms. The summed E-state index contributed by atoms with van der Waals surface area (Å²) in [6.45, 7) is 5.59. The lowest BCUT2D eigenvalue weighted by Gasteiger charge is -2.24. The fourth-order valence-electron chi connectivity index (χ4n) is 5.66. The number of phosphoric acid groups is 1. The quantitative estimate of drug-likeness (QED) is 0.0220. The van der Waals surface area contributed by atoms with Gasteiger partial charge in [0.05, 0.1) is 34.4 Å². The van der Waals surface area contributed by atoms with Gasteiger partial charge >= 0.3 is 13.8 Å². The van der Waals surface area contributed by atoms with Crippen LogP contribution in [0.1, 0.15) is 181 Å². The Morgan fingerprint density at radius 3 is 1.51 bits per heavy atom. The Morgan fingerprint density at radius 1 is 0.588 bits per heavy atom. The zero-order valence-electron chi connectivity index (χ0n) is 34.1. The van der Waals surface area contributed by atoms with Crippen LogP contribution in [0.15, 0.2) is 24.3 Å². The maximum Gasteiger partial charge on any atom is 0.472 e.